The van der Waals surface area contributed by atoms with Gasteiger partial charge in [-0.3, -0.25) is 0 Å². The second-order valence-electron chi connectivity index (χ2n) is 5.48. The first kappa shape index (κ1) is 16.2. The zero-order valence-electron chi connectivity index (χ0n) is 10.5. The maximum absolute atomic E-state index is 12.1. The molecule has 0 aliphatic carbocycles. The van der Waals surface area contributed by atoms with E-state index in [1.165, 1.54) is 0 Å². The van der Waals surface area contributed by atoms with Crippen LogP contribution in [-0.2, 0) is 10.0 Å². The Hall–Kier alpha value is 0.160. The average Bonchev–Trinajstić information content (AvgIpc) is 1.99. The molecule has 0 saturated carbocycles. The molecule has 0 bridgehead atoms. The van der Waals surface area contributed by atoms with Gasteiger partial charge in [0.2, 0.25) is 10.0 Å². The van der Waals surface area contributed by atoms with Crippen LogP contribution in [0.25, 0.3) is 0 Å². The number of sulfonamides is 1. The molecule has 0 amide bonds. The van der Waals surface area contributed by atoms with Crippen molar-refractivity contribution in [2.75, 3.05) is 25.4 Å². The van der Waals surface area contributed by atoms with Gasteiger partial charge in [-0.2, -0.15) is 4.31 Å². The Morgan fingerprint density at radius 3 is 2.38 bits per heavy atom. The van der Waals surface area contributed by atoms with Gasteiger partial charge in [0.25, 0.3) is 0 Å². The van der Waals surface area contributed by atoms with E-state index in [0.717, 1.165) is 13.1 Å². The van der Waals surface area contributed by atoms with Gasteiger partial charge < -0.3 is 5.32 Å². The Labute approximate surface area is 105 Å². The molecule has 1 atom stereocenters. The fourth-order valence-corrected chi connectivity index (χ4v) is 4.12. The third kappa shape index (κ3) is 4.57. The summed E-state index contributed by atoms with van der Waals surface area (Å²) in [5, 5.41) is 3.19. The van der Waals surface area contributed by atoms with Crippen LogP contribution in [0.15, 0.2) is 0 Å². The lowest BCUT2D eigenvalue weighted by Crippen LogP contribution is -2.53. The lowest BCUT2D eigenvalue weighted by Gasteiger charge is -2.34. The smallest absolute Gasteiger partial charge is 0.214 e. The van der Waals surface area contributed by atoms with Crippen LogP contribution < -0.4 is 5.32 Å². The van der Waals surface area contributed by atoms with Crippen LogP contribution in [0.4, 0.5) is 0 Å². The van der Waals surface area contributed by atoms with E-state index in [-0.39, 0.29) is 29.6 Å². The van der Waals surface area contributed by atoms with Gasteiger partial charge in [-0.15, -0.1) is 12.4 Å². The highest BCUT2D eigenvalue weighted by atomic mass is 35.5. The number of nitrogens with one attached hydrogen (secondary N) is 1. The maximum atomic E-state index is 12.1. The van der Waals surface area contributed by atoms with Gasteiger partial charge in [0, 0.05) is 25.7 Å². The third-order valence-electron chi connectivity index (χ3n) is 2.41. The molecule has 1 N–H and O–H groups in total. The van der Waals surface area contributed by atoms with Gasteiger partial charge in [0.05, 0.1) is 5.75 Å². The van der Waals surface area contributed by atoms with Crippen LogP contribution in [-0.4, -0.2) is 44.2 Å². The molecule has 1 aliphatic rings. The summed E-state index contributed by atoms with van der Waals surface area (Å²) in [6, 6.07) is 0.0751. The molecule has 0 aromatic heterocycles. The van der Waals surface area contributed by atoms with Crippen LogP contribution in [0.2, 0.25) is 0 Å². The standard InChI is InChI=1S/C10H22N2O2S.ClH/c1-9-7-11-5-6-12(9)15(13,14)8-10(2,3)4;/h9,11H,5-8H2,1-4H3;1H/t9-;/m0./s1. The summed E-state index contributed by atoms with van der Waals surface area (Å²) in [6.07, 6.45) is 0. The Morgan fingerprint density at radius 2 is 1.94 bits per heavy atom. The van der Waals surface area contributed by atoms with Crippen molar-refractivity contribution in [1.29, 1.82) is 0 Å². The van der Waals surface area contributed by atoms with Gasteiger partial charge in [0.15, 0.2) is 0 Å². The van der Waals surface area contributed by atoms with E-state index in [1.807, 2.05) is 27.7 Å². The van der Waals surface area contributed by atoms with Gasteiger partial charge >= 0.3 is 0 Å². The zero-order chi connectivity index (χ0) is 11.7. The minimum absolute atomic E-state index is 0. The fourth-order valence-electron chi connectivity index (χ4n) is 1.87. The summed E-state index contributed by atoms with van der Waals surface area (Å²) >= 11 is 0. The molecule has 1 aliphatic heterocycles. The van der Waals surface area contributed by atoms with E-state index >= 15 is 0 Å². The highest BCUT2D eigenvalue weighted by molar-refractivity contribution is 7.89. The number of hydrogen-bond donors (Lipinski definition) is 1. The van der Waals surface area contributed by atoms with Crippen molar-refractivity contribution in [1.82, 2.24) is 9.62 Å². The minimum Gasteiger partial charge on any atom is -0.314 e. The van der Waals surface area contributed by atoms with E-state index in [2.05, 4.69) is 5.32 Å². The molecule has 1 rings (SSSR count). The van der Waals surface area contributed by atoms with Crippen molar-refractivity contribution in [3.05, 3.63) is 0 Å². The first-order chi connectivity index (χ1) is 6.72. The summed E-state index contributed by atoms with van der Waals surface area (Å²) in [4.78, 5) is 0. The highest BCUT2D eigenvalue weighted by Crippen LogP contribution is 2.20. The molecule has 1 saturated heterocycles. The van der Waals surface area contributed by atoms with E-state index in [9.17, 15) is 8.42 Å². The van der Waals surface area contributed by atoms with E-state index in [4.69, 9.17) is 0 Å². The lowest BCUT2D eigenvalue weighted by atomic mass is 10.0. The molecule has 4 nitrogen and oxygen atoms in total. The monoisotopic (exact) mass is 270 g/mol. The molecule has 98 valence electrons. The fraction of sp³-hybridized carbons (Fsp3) is 1.00. The first-order valence-electron chi connectivity index (χ1n) is 5.43. The molecule has 16 heavy (non-hydrogen) atoms. The summed E-state index contributed by atoms with van der Waals surface area (Å²) < 4.78 is 25.9. The van der Waals surface area contributed by atoms with Crippen molar-refractivity contribution in [3.8, 4) is 0 Å². The van der Waals surface area contributed by atoms with Crippen LogP contribution in [0.3, 0.4) is 0 Å². The Kier molecular flexibility index (Phi) is 5.72. The normalized spacial score (nSPS) is 23.9. The molecule has 0 unspecified atom stereocenters. The predicted molar refractivity (Wildman–Crippen MR) is 69.5 cm³/mol. The maximum Gasteiger partial charge on any atom is 0.214 e. The Balaban J connectivity index is 0.00000225. The summed E-state index contributed by atoms with van der Waals surface area (Å²) in [7, 11) is -3.10. The van der Waals surface area contributed by atoms with E-state index < -0.39 is 10.0 Å². The van der Waals surface area contributed by atoms with Crippen LogP contribution >= 0.6 is 12.4 Å². The second-order valence-corrected chi connectivity index (χ2v) is 7.40. The first-order valence-corrected chi connectivity index (χ1v) is 7.03. The molecule has 6 heteroatoms. The largest absolute Gasteiger partial charge is 0.314 e. The van der Waals surface area contributed by atoms with Crippen LogP contribution in [0, 0.1) is 5.41 Å². The van der Waals surface area contributed by atoms with E-state index in [1.54, 1.807) is 4.31 Å². The summed E-state index contributed by atoms with van der Waals surface area (Å²) in [5.41, 5.74) is -0.177. The van der Waals surface area contributed by atoms with Gasteiger partial charge in [0.1, 0.15) is 0 Å². The van der Waals surface area contributed by atoms with Crippen LogP contribution in [0.5, 0.6) is 0 Å². The van der Waals surface area contributed by atoms with Crippen molar-refractivity contribution >= 4 is 22.4 Å². The molecule has 1 heterocycles. The second kappa shape index (κ2) is 5.67. The molecule has 0 aromatic carbocycles. The average molecular weight is 271 g/mol. The number of piperazine rings is 1. The van der Waals surface area contributed by atoms with Gasteiger partial charge in [-0.25, -0.2) is 8.42 Å². The Morgan fingerprint density at radius 1 is 1.38 bits per heavy atom. The van der Waals surface area contributed by atoms with Crippen molar-refractivity contribution in [2.45, 2.75) is 33.7 Å². The van der Waals surface area contributed by atoms with Crippen molar-refractivity contribution < 1.29 is 8.42 Å². The van der Waals surface area contributed by atoms with Gasteiger partial charge in [-0.05, 0) is 12.3 Å². The number of hydrogen-bond acceptors (Lipinski definition) is 3. The minimum atomic E-state index is -3.10. The van der Waals surface area contributed by atoms with Gasteiger partial charge in [-0.1, -0.05) is 20.8 Å². The van der Waals surface area contributed by atoms with Crippen molar-refractivity contribution in [2.24, 2.45) is 5.41 Å². The third-order valence-corrected chi connectivity index (χ3v) is 4.90. The Bertz CT molecular complexity index is 311. The zero-order valence-corrected chi connectivity index (χ0v) is 12.1. The number of halogens is 1. The quantitative estimate of drug-likeness (QED) is 0.817. The SMILES string of the molecule is C[C@H]1CNCCN1S(=O)(=O)CC(C)(C)C.Cl. The predicted octanol–water partition coefficient (Wildman–Crippen LogP) is 1.08. The molecule has 0 aromatic rings. The van der Waals surface area contributed by atoms with E-state index in [0.29, 0.717) is 6.54 Å². The topological polar surface area (TPSA) is 49.4 Å². The molecule has 0 spiro atoms. The number of nitrogens with zero attached hydrogens (tertiary/aromatic N) is 1. The molecular weight excluding hydrogens is 248 g/mol. The molecular formula is C10H23ClN2O2S. The lowest BCUT2D eigenvalue weighted by molar-refractivity contribution is 0.279. The van der Waals surface area contributed by atoms with Crippen molar-refractivity contribution in [3.63, 3.8) is 0 Å². The van der Waals surface area contributed by atoms with Crippen LogP contribution in [0.1, 0.15) is 27.7 Å². The summed E-state index contributed by atoms with van der Waals surface area (Å²) in [5.74, 6) is 0.227. The number of rotatable bonds is 2. The summed E-state index contributed by atoms with van der Waals surface area (Å²) in [6.45, 7) is 9.93. The molecule has 1 fully saturated rings. The molecule has 0 radical (unpaired) electrons. The highest BCUT2D eigenvalue weighted by Gasteiger charge is 2.32.